The Hall–Kier alpha value is -2.65. The van der Waals surface area contributed by atoms with Gasteiger partial charge in [0, 0.05) is 35.6 Å². The Balaban J connectivity index is 1.50. The molecule has 1 aliphatic heterocycles. The lowest BCUT2D eigenvalue weighted by atomic mass is 10.0. The van der Waals surface area contributed by atoms with Gasteiger partial charge in [0.15, 0.2) is 11.5 Å². The minimum absolute atomic E-state index is 0.0352. The van der Waals surface area contributed by atoms with Gasteiger partial charge in [-0.05, 0) is 29.8 Å². The van der Waals surface area contributed by atoms with Gasteiger partial charge in [-0.1, -0.05) is 29.8 Å². The van der Waals surface area contributed by atoms with Crippen LogP contribution in [0.3, 0.4) is 0 Å². The molecule has 1 fully saturated rings. The minimum Gasteiger partial charge on any atom is -0.493 e. The SMILES string of the molecule is COc1ccc(C(CNC(=O)c2csc(-c3ccc(Cl)cc3)n2)N2CCOCC2)cc1OC. The molecule has 1 atom stereocenters. The number of hydrogen-bond donors (Lipinski definition) is 1. The van der Waals surface area contributed by atoms with Crippen molar-refractivity contribution in [3.05, 3.63) is 64.1 Å². The number of rotatable bonds is 8. The van der Waals surface area contributed by atoms with Crippen LogP contribution in [-0.4, -0.2) is 62.9 Å². The van der Waals surface area contributed by atoms with Gasteiger partial charge in [0.05, 0.1) is 33.5 Å². The van der Waals surface area contributed by atoms with Gasteiger partial charge in [-0.2, -0.15) is 0 Å². The number of ether oxygens (including phenoxy) is 3. The predicted octanol–water partition coefficient (Wildman–Crippen LogP) is 4.28. The van der Waals surface area contributed by atoms with E-state index in [1.165, 1.54) is 11.3 Å². The Bertz CT molecular complexity index is 1080. The van der Waals surface area contributed by atoms with Crippen molar-refractivity contribution in [2.24, 2.45) is 0 Å². The third-order valence-corrected chi connectivity index (χ3v) is 6.71. The smallest absolute Gasteiger partial charge is 0.270 e. The lowest BCUT2D eigenvalue weighted by Crippen LogP contribution is -2.43. The summed E-state index contributed by atoms with van der Waals surface area (Å²) in [6.07, 6.45) is 0. The molecule has 1 aliphatic rings. The maximum Gasteiger partial charge on any atom is 0.270 e. The normalized spacial score (nSPS) is 15.1. The molecule has 7 nitrogen and oxygen atoms in total. The average Bonchev–Trinajstić information content (AvgIpc) is 3.35. The molecule has 1 unspecified atom stereocenters. The Morgan fingerprint density at radius 2 is 1.88 bits per heavy atom. The van der Waals surface area contributed by atoms with E-state index in [0.29, 0.717) is 42.0 Å². The van der Waals surface area contributed by atoms with Crippen LogP contribution in [0.5, 0.6) is 11.5 Å². The molecule has 2 heterocycles. The monoisotopic (exact) mass is 487 g/mol. The van der Waals surface area contributed by atoms with Gasteiger partial charge in [-0.3, -0.25) is 9.69 Å². The minimum atomic E-state index is -0.204. The molecule has 1 amide bonds. The van der Waals surface area contributed by atoms with Crippen molar-refractivity contribution < 1.29 is 19.0 Å². The van der Waals surface area contributed by atoms with E-state index in [-0.39, 0.29) is 11.9 Å². The third kappa shape index (κ3) is 5.65. The quantitative estimate of drug-likeness (QED) is 0.511. The Morgan fingerprint density at radius 3 is 2.58 bits per heavy atom. The van der Waals surface area contributed by atoms with Crippen LogP contribution in [0, 0.1) is 0 Å². The average molecular weight is 488 g/mol. The fourth-order valence-corrected chi connectivity index (χ4v) is 4.72. The molecule has 1 aromatic heterocycles. The molecule has 33 heavy (non-hydrogen) atoms. The fourth-order valence-electron chi connectivity index (χ4n) is 3.79. The van der Waals surface area contributed by atoms with Crippen LogP contribution in [-0.2, 0) is 4.74 Å². The second-order valence-electron chi connectivity index (χ2n) is 7.53. The molecule has 0 bridgehead atoms. The van der Waals surface area contributed by atoms with Gasteiger partial charge in [0.1, 0.15) is 10.7 Å². The van der Waals surface area contributed by atoms with E-state index >= 15 is 0 Å². The highest BCUT2D eigenvalue weighted by Gasteiger charge is 2.25. The summed E-state index contributed by atoms with van der Waals surface area (Å²) in [5, 5.41) is 6.29. The van der Waals surface area contributed by atoms with E-state index in [1.54, 1.807) is 19.6 Å². The van der Waals surface area contributed by atoms with E-state index < -0.39 is 0 Å². The molecule has 0 spiro atoms. The highest BCUT2D eigenvalue weighted by Crippen LogP contribution is 2.32. The number of methoxy groups -OCH3 is 2. The highest BCUT2D eigenvalue weighted by molar-refractivity contribution is 7.13. The molecule has 174 valence electrons. The molecule has 0 saturated carbocycles. The van der Waals surface area contributed by atoms with Gasteiger partial charge >= 0.3 is 0 Å². The fraction of sp³-hybridized carbons (Fsp3) is 0.333. The maximum atomic E-state index is 12.9. The van der Waals surface area contributed by atoms with E-state index in [1.807, 2.05) is 42.5 Å². The van der Waals surface area contributed by atoms with Crippen molar-refractivity contribution in [3.8, 4) is 22.1 Å². The standard InChI is InChI=1S/C24H26ClN3O4S/c1-30-21-8-5-17(13-22(21)31-2)20(28-9-11-32-12-10-28)14-26-23(29)19-15-33-24(27-19)16-3-6-18(25)7-4-16/h3-8,13,15,20H,9-12,14H2,1-2H3,(H,26,29). The van der Waals surface area contributed by atoms with Crippen molar-refractivity contribution in [2.45, 2.75) is 6.04 Å². The van der Waals surface area contributed by atoms with Gasteiger partial charge in [0.25, 0.3) is 5.91 Å². The van der Waals surface area contributed by atoms with Crippen LogP contribution in [0.4, 0.5) is 0 Å². The first kappa shape index (κ1) is 23.5. The molecule has 4 rings (SSSR count). The predicted molar refractivity (Wildman–Crippen MR) is 130 cm³/mol. The summed E-state index contributed by atoms with van der Waals surface area (Å²) in [7, 11) is 3.23. The van der Waals surface area contributed by atoms with E-state index in [4.69, 9.17) is 25.8 Å². The summed E-state index contributed by atoms with van der Waals surface area (Å²) in [5.41, 5.74) is 2.37. The van der Waals surface area contributed by atoms with Crippen molar-refractivity contribution in [1.29, 1.82) is 0 Å². The molecular weight excluding hydrogens is 462 g/mol. The molecular formula is C24H26ClN3O4S. The zero-order valence-corrected chi connectivity index (χ0v) is 20.1. The molecule has 0 aliphatic carbocycles. The lowest BCUT2D eigenvalue weighted by molar-refractivity contribution is 0.0161. The Kier molecular flexibility index (Phi) is 7.82. The second kappa shape index (κ2) is 11.0. The van der Waals surface area contributed by atoms with Crippen molar-refractivity contribution in [3.63, 3.8) is 0 Å². The number of halogens is 1. The van der Waals surface area contributed by atoms with Gasteiger partial charge in [-0.15, -0.1) is 11.3 Å². The summed E-state index contributed by atoms with van der Waals surface area (Å²) in [6, 6.07) is 13.3. The van der Waals surface area contributed by atoms with Crippen LogP contribution >= 0.6 is 22.9 Å². The number of morpholine rings is 1. The summed E-state index contributed by atoms with van der Waals surface area (Å²) in [5.74, 6) is 1.13. The number of aromatic nitrogens is 1. The van der Waals surface area contributed by atoms with Gasteiger partial charge < -0.3 is 19.5 Å². The Labute approximate surface area is 202 Å². The summed E-state index contributed by atoms with van der Waals surface area (Å²) in [4.78, 5) is 19.7. The maximum absolute atomic E-state index is 12.9. The first-order valence-electron chi connectivity index (χ1n) is 10.6. The molecule has 3 aromatic rings. The van der Waals surface area contributed by atoms with Gasteiger partial charge in [-0.25, -0.2) is 4.98 Å². The van der Waals surface area contributed by atoms with Crippen LogP contribution < -0.4 is 14.8 Å². The summed E-state index contributed by atoms with van der Waals surface area (Å²) >= 11 is 7.40. The Morgan fingerprint density at radius 1 is 1.15 bits per heavy atom. The zero-order valence-electron chi connectivity index (χ0n) is 18.5. The lowest BCUT2D eigenvalue weighted by Gasteiger charge is -2.35. The number of amides is 1. The number of nitrogens with zero attached hydrogens (tertiary/aromatic N) is 2. The van der Waals surface area contributed by atoms with Crippen LogP contribution in [0.1, 0.15) is 22.1 Å². The van der Waals surface area contributed by atoms with Crippen molar-refractivity contribution in [1.82, 2.24) is 15.2 Å². The topological polar surface area (TPSA) is 72.9 Å². The summed E-state index contributed by atoms with van der Waals surface area (Å²) in [6.45, 7) is 3.32. The van der Waals surface area contributed by atoms with Crippen molar-refractivity contribution >= 4 is 28.8 Å². The number of hydrogen-bond acceptors (Lipinski definition) is 7. The first-order chi connectivity index (χ1) is 16.1. The highest BCUT2D eigenvalue weighted by atomic mass is 35.5. The second-order valence-corrected chi connectivity index (χ2v) is 8.83. The number of nitrogens with one attached hydrogen (secondary N) is 1. The number of benzene rings is 2. The van der Waals surface area contributed by atoms with Crippen LogP contribution in [0.2, 0.25) is 5.02 Å². The molecule has 1 N–H and O–H groups in total. The number of carbonyl (C=O) groups excluding carboxylic acids is 1. The largest absolute Gasteiger partial charge is 0.493 e. The molecule has 0 radical (unpaired) electrons. The third-order valence-electron chi connectivity index (χ3n) is 5.56. The number of thiazole rings is 1. The van der Waals surface area contributed by atoms with E-state index in [0.717, 1.165) is 29.2 Å². The first-order valence-corrected chi connectivity index (χ1v) is 11.9. The summed E-state index contributed by atoms with van der Waals surface area (Å²) < 4.78 is 16.4. The van der Waals surface area contributed by atoms with E-state index in [2.05, 4.69) is 15.2 Å². The molecule has 2 aromatic carbocycles. The van der Waals surface area contributed by atoms with Crippen LogP contribution in [0.25, 0.3) is 10.6 Å². The zero-order chi connectivity index (χ0) is 23.2. The van der Waals surface area contributed by atoms with Crippen LogP contribution in [0.15, 0.2) is 47.8 Å². The van der Waals surface area contributed by atoms with E-state index in [9.17, 15) is 4.79 Å². The van der Waals surface area contributed by atoms with Crippen molar-refractivity contribution in [2.75, 3.05) is 47.1 Å². The number of carbonyl (C=O) groups is 1. The van der Waals surface area contributed by atoms with Gasteiger partial charge in [0.2, 0.25) is 0 Å². The molecule has 1 saturated heterocycles. The molecule has 9 heteroatoms.